The van der Waals surface area contributed by atoms with Crippen LogP contribution in [0.5, 0.6) is 5.75 Å². The molecule has 0 spiro atoms. The Morgan fingerprint density at radius 1 is 0.619 bits per heavy atom. The number of para-hydroxylation sites is 2. The molecule has 0 radical (unpaired) electrons. The molecule has 0 aliphatic heterocycles. The van der Waals surface area contributed by atoms with Gasteiger partial charge in [0.1, 0.15) is 16.9 Å². The van der Waals surface area contributed by atoms with Crippen molar-refractivity contribution in [3.63, 3.8) is 0 Å². The van der Waals surface area contributed by atoms with Gasteiger partial charge in [-0.15, -0.1) is 0 Å². The summed E-state index contributed by atoms with van der Waals surface area (Å²) in [5.41, 5.74) is 7.56. The molecule has 3 heteroatoms. The molecular formula is C39H31NO2. The molecule has 8 rings (SSSR count). The minimum atomic E-state index is 0.264. The number of fused-ring (bicyclic) bond motifs is 5. The molecule has 0 unspecified atom stereocenters. The van der Waals surface area contributed by atoms with Crippen LogP contribution in [0.4, 0.5) is 17.1 Å². The van der Waals surface area contributed by atoms with Gasteiger partial charge in [0.2, 0.25) is 0 Å². The first-order valence-corrected chi connectivity index (χ1v) is 14.9. The maximum Gasteiger partial charge on any atom is 0.147 e. The Kier molecular flexibility index (Phi) is 5.96. The van der Waals surface area contributed by atoms with E-state index in [9.17, 15) is 5.11 Å². The minimum Gasteiger partial charge on any atom is -0.505 e. The molecule has 1 saturated carbocycles. The molecule has 1 fully saturated rings. The monoisotopic (exact) mass is 545 g/mol. The Bertz CT molecular complexity index is 2070. The highest BCUT2D eigenvalue weighted by atomic mass is 16.3. The van der Waals surface area contributed by atoms with Crippen LogP contribution >= 0.6 is 0 Å². The summed E-state index contributed by atoms with van der Waals surface area (Å²) in [5.74, 6) is 0.879. The highest BCUT2D eigenvalue weighted by Gasteiger charge is 2.22. The van der Waals surface area contributed by atoms with Gasteiger partial charge < -0.3 is 14.4 Å². The highest BCUT2D eigenvalue weighted by molar-refractivity contribution is 6.19. The molecule has 0 saturated heterocycles. The first-order valence-electron chi connectivity index (χ1n) is 14.9. The second kappa shape index (κ2) is 10.1. The van der Waals surface area contributed by atoms with Crippen molar-refractivity contribution >= 4 is 49.8 Å². The van der Waals surface area contributed by atoms with E-state index in [-0.39, 0.29) is 5.75 Å². The normalized spacial score (nSPS) is 13.8. The Morgan fingerprint density at radius 3 is 2.31 bits per heavy atom. The average Bonchev–Trinajstić information content (AvgIpc) is 3.71. The average molecular weight is 546 g/mol. The fraction of sp³-hybridized carbons (Fsp3) is 0.128. The number of nitrogens with zero attached hydrogens (tertiary/aromatic N) is 1. The van der Waals surface area contributed by atoms with Crippen LogP contribution in [-0.4, -0.2) is 5.11 Å². The molecule has 1 aliphatic rings. The zero-order valence-corrected chi connectivity index (χ0v) is 23.3. The van der Waals surface area contributed by atoms with Crippen LogP contribution in [0, 0.1) is 0 Å². The SMILES string of the molecule is Oc1c(-c2cccc(C3CCCC3)c2)cccc1N(c1ccccc1)c1ccc2c(c1)oc1ccc3ccccc3c12. The zero-order valence-electron chi connectivity index (χ0n) is 23.3. The predicted molar refractivity (Wildman–Crippen MR) is 174 cm³/mol. The second-order valence-electron chi connectivity index (χ2n) is 11.4. The van der Waals surface area contributed by atoms with Crippen molar-refractivity contribution in [2.75, 3.05) is 4.90 Å². The van der Waals surface area contributed by atoms with E-state index in [4.69, 9.17) is 4.42 Å². The fourth-order valence-corrected chi connectivity index (χ4v) is 6.84. The van der Waals surface area contributed by atoms with Crippen LogP contribution in [0.1, 0.15) is 37.2 Å². The summed E-state index contributed by atoms with van der Waals surface area (Å²) in [4.78, 5) is 2.12. The quantitative estimate of drug-likeness (QED) is 0.234. The molecule has 6 aromatic carbocycles. The van der Waals surface area contributed by atoms with E-state index in [1.165, 1.54) is 42.0 Å². The van der Waals surface area contributed by atoms with Gasteiger partial charge >= 0.3 is 0 Å². The van der Waals surface area contributed by atoms with E-state index >= 15 is 0 Å². The zero-order chi connectivity index (χ0) is 28.0. The van der Waals surface area contributed by atoms with Gasteiger partial charge in [0.15, 0.2) is 0 Å². The van der Waals surface area contributed by atoms with Gasteiger partial charge in [0, 0.05) is 28.1 Å². The van der Waals surface area contributed by atoms with Crippen LogP contribution in [0.2, 0.25) is 0 Å². The number of hydrogen-bond donors (Lipinski definition) is 1. The van der Waals surface area contributed by atoms with E-state index in [1.54, 1.807) is 0 Å². The van der Waals surface area contributed by atoms with Gasteiger partial charge in [-0.05, 0) is 77.1 Å². The number of rotatable bonds is 5. The summed E-state index contributed by atoms with van der Waals surface area (Å²) in [7, 11) is 0. The van der Waals surface area contributed by atoms with Crippen molar-refractivity contribution in [3.05, 3.63) is 133 Å². The minimum absolute atomic E-state index is 0.264. The molecule has 0 bridgehead atoms. The molecule has 3 nitrogen and oxygen atoms in total. The van der Waals surface area contributed by atoms with Gasteiger partial charge in [-0.2, -0.15) is 0 Å². The van der Waals surface area contributed by atoms with Crippen molar-refractivity contribution in [2.24, 2.45) is 0 Å². The molecule has 42 heavy (non-hydrogen) atoms. The van der Waals surface area contributed by atoms with E-state index in [0.29, 0.717) is 5.92 Å². The van der Waals surface area contributed by atoms with E-state index in [0.717, 1.165) is 50.1 Å². The van der Waals surface area contributed by atoms with Gasteiger partial charge in [-0.1, -0.05) is 97.8 Å². The van der Waals surface area contributed by atoms with Crippen LogP contribution in [-0.2, 0) is 0 Å². The maximum atomic E-state index is 11.9. The van der Waals surface area contributed by atoms with E-state index in [2.05, 4.69) is 95.9 Å². The molecule has 0 atom stereocenters. The van der Waals surface area contributed by atoms with E-state index < -0.39 is 0 Å². The molecule has 0 amide bonds. The smallest absolute Gasteiger partial charge is 0.147 e. The van der Waals surface area contributed by atoms with Gasteiger partial charge in [-0.25, -0.2) is 0 Å². The number of benzene rings is 6. The van der Waals surface area contributed by atoms with Gasteiger partial charge in [0.25, 0.3) is 0 Å². The molecule has 7 aromatic rings. The standard InChI is InChI=1S/C39H31NO2/c41-39-33(29-14-8-13-28(24-29)26-10-4-5-11-26)18-9-19-35(39)40(30-15-2-1-3-16-30)31-21-22-34-37(25-31)42-36-23-20-27-12-6-7-17-32(27)38(34)36/h1-3,6-9,12-26,41H,4-5,10-11H2. The number of phenols is 1. The van der Waals surface area contributed by atoms with Crippen LogP contribution in [0.25, 0.3) is 43.8 Å². The largest absolute Gasteiger partial charge is 0.505 e. The number of hydrogen-bond acceptors (Lipinski definition) is 3. The van der Waals surface area contributed by atoms with Gasteiger partial charge in [0.05, 0.1) is 11.4 Å². The third-order valence-electron chi connectivity index (χ3n) is 8.90. The Balaban J connectivity index is 1.28. The maximum absolute atomic E-state index is 11.9. The number of furan rings is 1. The second-order valence-corrected chi connectivity index (χ2v) is 11.4. The molecular weight excluding hydrogens is 514 g/mol. The predicted octanol–water partition coefficient (Wildman–Crippen LogP) is 11.2. The van der Waals surface area contributed by atoms with Crippen LogP contribution in [0.3, 0.4) is 0 Å². The third kappa shape index (κ3) is 4.12. The molecule has 204 valence electrons. The molecule has 1 heterocycles. The lowest BCUT2D eigenvalue weighted by atomic mass is 9.93. The summed E-state index contributed by atoms with van der Waals surface area (Å²) in [6.07, 6.45) is 5.09. The fourth-order valence-electron chi connectivity index (χ4n) is 6.84. The van der Waals surface area contributed by atoms with Crippen molar-refractivity contribution in [2.45, 2.75) is 31.6 Å². The number of phenolic OH excluding ortho intramolecular Hbond substituents is 1. The lowest BCUT2D eigenvalue weighted by Crippen LogP contribution is -2.10. The van der Waals surface area contributed by atoms with Crippen molar-refractivity contribution < 1.29 is 9.52 Å². The molecule has 1 aromatic heterocycles. The van der Waals surface area contributed by atoms with Crippen molar-refractivity contribution in [3.8, 4) is 16.9 Å². The van der Waals surface area contributed by atoms with Crippen molar-refractivity contribution in [1.29, 1.82) is 0 Å². The van der Waals surface area contributed by atoms with Crippen LogP contribution < -0.4 is 4.90 Å². The summed E-state index contributed by atoms with van der Waals surface area (Å²) < 4.78 is 6.42. The lowest BCUT2D eigenvalue weighted by Gasteiger charge is -2.27. The lowest BCUT2D eigenvalue weighted by molar-refractivity contribution is 0.478. The Labute approximate surface area is 245 Å². The Hall–Kier alpha value is -5.02. The molecule has 1 N–H and O–H groups in total. The molecule has 1 aliphatic carbocycles. The Morgan fingerprint density at radius 2 is 1.43 bits per heavy atom. The third-order valence-corrected chi connectivity index (χ3v) is 8.90. The topological polar surface area (TPSA) is 36.6 Å². The first-order chi connectivity index (χ1) is 20.7. The summed E-state index contributed by atoms with van der Waals surface area (Å²) in [6, 6.07) is 44.0. The van der Waals surface area contributed by atoms with Crippen molar-refractivity contribution in [1.82, 2.24) is 0 Å². The number of anilines is 3. The summed E-state index contributed by atoms with van der Waals surface area (Å²) >= 11 is 0. The van der Waals surface area contributed by atoms with E-state index in [1.807, 2.05) is 36.4 Å². The van der Waals surface area contributed by atoms with Crippen LogP contribution in [0.15, 0.2) is 132 Å². The van der Waals surface area contributed by atoms with Gasteiger partial charge in [-0.3, -0.25) is 0 Å². The highest BCUT2D eigenvalue weighted by Crippen LogP contribution is 2.46. The first kappa shape index (κ1) is 24.8. The summed E-state index contributed by atoms with van der Waals surface area (Å²) in [5, 5.41) is 16.5. The number of aromatic hydroxyl groups is 1. The summed E-state index contributed by atoms with van der Waals surface area (Å²) in [6.45, 7) is 0.